The Morgan fingerprint density at radius 2 is 1.48 bits per heavy atom. The fourth-order valence-corrected chi connectivity index (χ4v) is 1.62. The van der Waals surface area contributed by atoms with Crippen LogP contribution in [0.3, 0.4) is 0 Å². The summed E-state index contributed by atoms with van der Waals surface area (Å²) in [6, 6.07) is 14.3. The van der Waals surface area contributed by atoms with Crippen LogP contribution in [0, 0.1) is 11.8 Å². The summed E-state index contributed by atoms with van der Waals surface area (Å²) in [5, 5.41) is 17.5. The minimum atomic E-state index is -1.01. The van der Waals surface area contributed by atoms with Gasteiger partial charge >= 0.3 is 5.97 Å². The predicted molar refractivity (Wildman–Crippen MR) is 77.9 cm³/mol. The molecule has 0 heterocycles. The van der Waals surface area contributed by atoms with Gasteiger partial charge in [0, 0.05) is 11.1 Å². The van der Waals surface area contributed by atoms with Gasteiger partial charge in [-0.15, -0.1) is 0 Å². The molecule has 106 valence electrons. The zero-order valence-corrected chi connectivity index (χ0v) is 11.2. The van der Waals surface area contributed by atoms with Crippen LogP contribution in [0.5, 0.6) is 5.75 Å². The van der Waals surface area contributed by atoms with E-state index in [-0.39, 0.29) is 13.2 Å². The van der Waals surface area contributed by atoms with Gasteiger partial charge in [0.05, 0.1) is 6.61 Å². The van der Waals surface area contributed by atoms with Crippen molar-refractivity contribution >= 4 is 5.97 Å². The summed E-state index contributed by atoms with van der Waals surface area (Å²) < 4.78 is 5.04. The van der Waals surface area contributed by atoms with E-state index >= 15 is 0 Å². The summed E-state index contributed by atoms with van der Waals surface area (Å²) >= 11 is 0. The van der Waals surface area contributed by atoms with Gasteiger partial charge in [-0.1, -0.05) is 24.0 Å². The van der Waals surface area contributed by atoms with Crippen LogP contribution in [0.2, 0.25) is 0 Å². The van der Waals surface area contributed by atoms with E-state index < -0.39 is 5.97 Å². The summed E-state index contributed by atoms with van der Waals surface area (Å²) in [6.07, 6.45) is 0. The summed E-state index contributed by atoms with van der Waals surface area (Å²) in [5.74, 6) is 5.51. The lowest BCUT2D eigenvalue weighted by Crippen LogP contribution is -2.09. The number of ether oxygens (including phenoxy) is 1. The number of hydrogen-bond acceptors (Lipinski definition) is 3. The molecule has 0 saturated heterocycles. The van der Waals surface area contributed by atoms with Crippen molar-refractivity contribution in [3.8, 4) is 17.6 Å². The smallest absolute Gasteiger partial charge is 0.341 e. The molecule has 0 aliphatic rings. The molecule has 0 bridgehead atoms. The van der Waals surface area contributed by atoms with Crippen molar-refractivity contribution < 1.29 is 19.7 Å². The van der Waals surface area contributed by atoms with Crippen LogP contribution in [0.4, 0.5) is 0 Å². The Balaban J connectivity index is 2.02. The topological polar surface area (TPSA) is 66.8 Å². The Hall–Kier alpha value is -2.77. The zero-order valence-electron chi connectivity index (χ0n) is 11.2. The van der Waals surface area contributed by atoms with E-state index in [2.05, 4.69) is 11.8 Å². The molecule has 2 rings (SSSR count). The average Bonchev–Trinajstić information content (AvgIpc) is 2.52. The van der Waals surface area contributed by atoms with Gasteiger partial charge in [0.2, 0.25) is 0 Å². The average molecular weight is 282 g/mol. The number of aliphatic hydroxyl groups is 1. The molecular formula is C17H14O4. The van der Waals surface area contributed by atoms with Crippen LogP contribution in [-0.4, -0.2) is 22.8 Å². The third kappa shape index (κ3) is 4.68. The molecule has 0 aliphatic carbocycles. The maximum absolute atomic E-state index is 10.4. The Bertz CT molecular complexity index is 661. The van der Waals surface area contributed by atoms with Gasteiger partial charge in [-0.25, -0.2) is 4.79 Å². The highest BCUT2D eigenvalue weighted by Gasteiger charge is 1.98. The number of carboxylic acid groups (broad SMARTS) is 1. The standard InChI is InChI=1S/C17H14O4/c18-11-15-5-3-13(4-6-15)1-2-14-7-9-16(10-8-14)21-12-17(19)20/h3-10,18H,11-12H2,(H,19,20). The fourth-order valence-electron chi connectivity index (χ4n) is 1.62. The van der Waals surface area contributed by atoms with Crippen molar-refractivity contribution in [2.45, 2.75) is 6.61 Å². The number of carbonyl (C=O) groups is 1. The summed E-state index contributed by atoms with van der Waals surface area (Å²) in [7, 11) is 0. The first-order valence-electron chi connectivity index (χ1n) is 6.34. The molecule has 21 heavy (non-hydrogen) atoms. The van der Waals surface area contributed by atoms with Crippen molar-refractivity contribution in [1.82, 2.24) is 0 Å². The number of aliphatic hydroxyl groups excluding tert-OH is 1. The minimum absolute atomic E-state index is 0.0194. The second-order valence-corrected chi connectivity index (χ2v) is 4.31. The molecule has 0 saturated carbocycles. The maximum atomic E-state index is 10.4. The quantitative estimate of drug-likeness (QED) is 0.842. The summed E-state index contributed by atoms with van der Waals surface area (Å²) in [5.41, 5.74) is 2.52. The van der Waals surface area contributed by atoms with E-state index in [1.165, 1.54) is 0 Å². The van der Waals surface area contributed by atoms with Crippen LogP contribution in [0.15, 0.2) is 48.5 Å². The van der Waals surface area contributed by atoms with Gasteiger partial charge in [-0.3, -0.25) is 0 Å². The van der Waals surface area contributed by atoms with Crippen LogP contribution >= 0.6 is 0 Å². The molecule has 4 heteroatoms. The van der Waals surface area contributed by atoms with Gasteiger partial charge in [-0.05, 0) is 42.0 Å². The van der Waals surface area contributed by atoms with Crippen LogP contribution < -0.4 is 4.74 Å². The third-order valence-corrected chi connectivity index (χ3v) is 2.70. The molecule has 2 N–H and O–H groups in total. The highest BCUT2D eigenvalue weighted by molar-refractivity contribution is 5.68. The number of rotatable bonds is 4. The lowest BCUT2D eigenvalue weighted by atomic mass is 10.1. The number of hydrogen-bond donors (Lipinski definition) is 2. The Labute approximate surface area is 122 Å². The molecule has 0 atom stereocenters. The third-order valence-electron chi connectivity index (χ3n) is 2.70. The Morgan fingerprint density at radius 3 is 1.95 bits per heavy atom. The molecule has 0 radical (unpaired) electrons. The second-order valence-electron chi connectivity index (χ2n) is 4.31. The van der Waals surface area contributed by atoms with Gasteiger partial charge < -0.3 is 14.9 Å². The van der Waals surface area contributed by atoms with Crippen molar-refractivity contribution in [3.63, 3.8) is 0 Å². The van der Waals surface area contributed by atoms with Crippen LogP contribution in [-0.2, 0) is 11.4 Å². The number of carboxylic acids is 1. The number of benzene rings is 2. The molecule has 2 aromatic carbocycles. The Morgan fingerprint density at radius 1 is 0.952 bits per heavy atom. The zero-order chi connectivity index (χ0) is 15.1. The normalized spacial score (nSPS) is 9.57. The molecule has 0 unspecified atom stereocenters. The van der Waals surface area contributed by atoms with E-state index in [4.69, 9.17) is 14.9 Å². The van der Waals surface area contributed by atoms with Crippen LogP contribution in [0.1, 0.15) is 16.7 Å². The highest BCUT2D eigenvalue weighted by Crippen LogP contribution is 2.11. The first kappa shape index (κ1) is 14.6. The van der Waals surface area contributed by atoms with Gasteiger partial charge in [0.1, 0.15) is 5.75 Å². The van der Waals surface area contributed by atoms with Crippen molar-refractivity contribution in [3.05, 3.63) is 65.2 Å². The summed E-state index contributed by atoms with van der Waals surface area (Å²) in [6.45, 7) is -0.340. The highest BCUT2D eigenvalue weighted by atomic mass is 16.5. The van der Waals surface area contributed by atoms with Gasteiger partial charge in [0.25, 0.3) is 0 Å². The van der Waals surface area contributed by atoms with Crippen molar-refractivity contribution in [1.29, 1.82) is 0 Å². The molecular weight excluding hydrogens is 268 g/mol. The molecule has 0 fully saturated rings. The Kier molecular flexibility index (Phi) is 4.97. The second kappa shape index (κ2) is 7.13. The van der Waals surface area contributed by atoms with Crippen molar-refractivity contribution in [2.24, 2.45) is 0 Å². The van der Waals surface area contributed by atoms with E-state index in [1.54, 1.807) is 24.3 Å². The molecule has 0 aromatic heterocycles. The van der Waals surface area contributed by atoms with Crippen molar-refractivity contribution in [2.75, 3.05) is 6.61 Å². The lowest BCUT2D eigenvalue weighted by molar-refractivity contribution is -0.139. The fraction of sp³-hybridized carbons (Fsp3) is 0.118. The first-order valence-corrected chi connectivity index (χ1v) is 6.34. The molecule has 0 amide bonds. The van der Waals surface area contributed by atoms with Crippen LogP contribution in [0.25, 0.3) is 0 Å². The monoisotopic (exact) mass is 282 g/mol. The van der Waals surface area contributed by atoms with E-state index in [9.17, 15) is 4.79 Å². The SMILES string of the molecule is O=C(O)COc1ccc(C#Cc2ccc(CO)cc2)cc1. The van der Waals surface area contributed by atoms with Gasteiger partial charge in [-0.2, -0.15) is 0 Å². The summed E-state index contributed by atoms with van der Waals surface area (Å²) in [4.78, 5) is 10.4. The largest absolute Gasteiger partial charge is 0.482 e. The molecule has 4 nitrogen and oxygen atoms in total. The van der Waals surface area contributed by atoms with E-state index in [1.807, 2.05) is 24.3 Å². The predicted octanol–water partition coefficient (Wildman–Crippen LogP) is 2.04. The maximum Gasteiger partial charge on any atom is 0.341 e. The molecule has 2 aromatic rings. The molecule has 0 aliphatic heterocycles. The first-order chi connectivity index (χ1) is 10.2. The van der Waals surface area contributed by atoms with E-state index in [0.29, 0.717) is 5.75 Å². The van der Waals surface area contributed by atoms with Gasteiger partial charge in [0.15, 0.2) is 6.61 Å². The minimum Gasteiger partial charge on any atom is -0.482 e. The molecule has 0 spiro atoms. The lowest BCUT2D eigenvalue weighted by Gasteiger charge is -2.02. The number of aliphatic carboxylic acids is 1. The van der Waals surface area contributed by atoms with E-state index in [0.717, 1.165) is 16.7 Å².